The van der Waals surface area contributed by atoms with E-state index >= 15 is 0 Å². The average molecular weight is 241 g/mol. The quantitative estimate of drug-likeness (QED) is 0.724. The minimum absolute atomic E-state index is 0.224. The van der Waals surface area contributed by atoms with Gasteiger partial charge in [-0.3, -0.25) is 0 Å². The van der Waals surface area contributed by atoms with Crippen molar-refractivity contribution in [1.29, 1.82) is 0 Å². The Morgan fingerprint density at radius 1 is 1.39 bits per heavy atom. The summed E-state index contributed by atoms with van der Waals surface area (Å²) < 4.78 is 0. The zero-order chi connectivity index (χ0) is 13.8. The van der Waals surface area contributed by atoms with Crippen LogP contribution >= 0.6 is 0 Å². The summed E-state index contributed by atoms with van der Waals surface area (Å²) in [6, 6.07) is 4.18. The Labute approximate surface area is 113 Å². The van der Waals surface area contributed by atoms with E-state index in [4.69, 9.17) is 0 Å². The Bertz CT molecular complexity index is 405. The molecule has 1 heterocycles. The fourth-order valence-electron chi connectivity index (χ4n) is 1.90. The first-order valence-corrected chi connectivity index (χ1v) is 6.75. The van der Waals surface area contributed by atoms with E-state index in [1.807, 2.05) is 28.1 Å². The topological polar surface area (TPSA) is 17.1 Å². The fraction of sp³-hybridized carbons (Fsp3) is 0.600. The van der Waals surface area contributed by atoms with Crippen LogP contribution in [0.15, 0.2) is 18.1 Å². The number of rotatable bonds is 5. The molecule has 0 amide bonds. The summed E-state index contributed by atoms with van der Waals surface area (Å²) >= 11 is 0. The second-order valence-electron chi connectivity index (χ2n) is 6.39. The van der Waals surface area contributed by atoms with Crippen LogP contribution in [0.3, 0.4) is 0 Å². The molecule has 0 atom stereocenters. The average Bonchev–Trinajstić information content (AvgIpc) is 2.25. The van der Waals surface area contributed by atoms with Crippen molar-refractivity contribution in [3.05, 3.63) is 29.1 Å². The van der Waals surface area contributed by atoms with Gasteiger partial charge >= 0.3 is 112 Å². The van der Waals surface area contributed by atoms with Gasteiger partial charge in [0, 0.05) is 0 Å². The van der Waals surface area contributed by atoms with Gasteiger partial charge in [-0.15, -0.1) is 0 Å². The zero-order valence-electron chi connectivity index (χ0n) is 12.3. The molecule has 95 valence electrons. The van der Waals surface area contributed by atoms with Crippen LogP contribution < -0.4 is 0 Å². The van der Waals surface area contributed by atoms with Crippen LogP contribution in [0.4, 0.5) is 0 Å². The van der Waals surface area contributed by atoms with Crippen molar-refractivity contribution >= 4 is 19.9 Å². The normalized spacial score (nSPS) is 11.4. The molecule has 1 nitrogen and oxygen atoms in total. The summed E-state index contributed by atoms with van der Waals surface area (Å²) in [5.74, 6) is 2.72. The van der Waals surface area contributed by atoms with Gasteiger partial charge in [0.2, 0.25) is 0 Å². The molecule has 0 aliphatic heterocycles. The van der Waals surface area contributed by atoms with Gasteiger partial charge < -0.3 is 0 Å². The van der Waals surface area contributed by atoms with Crippen molar-refractivity contribution in [2.45, 2.75) is 47.4 Å². The van der Waals surface area contributed by atoms with Crippen molar-refractivity contribution < 1.29 is 4.79 Å². The molecule has 0 unspecified atom stereocenters. The van der Waals surface area contributed by atoms with Gasteiger partial charge in [0.15, 0.2) is 0 Å². The van der Waals surface area contributed by atoms with Gasteiger partial charge in [-0.1, -0.05) is 0 Å². The molecule has 1 aromatic heterocycles. The molecule has 0 aliphatic rings. The van der Waals surface area contributed by atoms with E-state index in [0.29, 0.717) is 5.92 Å². The molecule has 1 rings (SSSR count). The monoisotopic (exact) mass is 241 g/mol. The second kappa shape index (κ2) is 6.36. The number of carbonyl (C=O) groups excluding carboxylic acids is 1. The van der Waals surface area contributed by atoms with Crippen LogP contribution in [0.1, 0.15) is 45.6 Å². The summed E-state index contributed by atoms with van der Waals surface area (Å²) in [7, 11) is 1.83. The van der Waals surface area contributed by atoms with Crippen LogP contribution in [-0.2, 0) is 17.5 Å². The Morgan fingerprint density at radius 3 is 2.61 bits per heavy atom. The zero-order valence-corrected chi connectivity index (χ0v) is 12.3. The summed E-state index contributed by atoms with van der Waals surface area (Å²) in [6.07, 6.45) is 1.83. The maximum absolute atomic E-state index is 11.9. The van der Waals surface area contributed by atoms with E-state index in [2.05, 4.69) is 38.9 Å². The third-order valence-corrected chi connectivity index (χ3v) is 2.99. The molecule has 0 N–H and O–H groups in total. The van der Waals surface area contributed by atoms with Crippen molar-refractivity contribution in [1.82, 2.24) is 0 Å². The van der Waals surface area contributed by atoms with E-state index in [0.717, 1.165) is 12.7 Å². The van der Waals surface area contributed by atoms with Gasteiger partial charge in [0.1, 0.15) is 0 Å². The van der Waals surface area contributed by atoms with E-state index in [1.165, 1.54) is 11.0 Å². The SMILES string of the molecule is CC(C)Cc1bcccc1C[B]C(=O)C(C)(C)C. The molecule has 18 heavy (non-hydrogen) atoms. The molecule has 1 aromatic rings. The first kappa shape index (κ1) is 15.2. The van der Waals surface area contributed by atoms with Crippen LogP contribution in [0, 0.1) is 11.3 Å². The molecule has 1 radical (unpaired) electrons. The predicted molar refractivity (Wildman–Crippen MR) is 80.3 cm³/mol. The molecule has 0 aromatic carbocycles. The van der Waals surface area contributed by atoms with E-state index in [1.54, 1.807) is 0 Å². The molecular formula is C15H23B2O. The maximum atomic E-state index is 11.9. The number of hydrogen-bond donors (Lipinski definition) is 0. The summed E-state index contributed by atoms with van der Waals surface area (Å²) in [5.41, 5.74) is 2.60. The van der Waals surface area contributed by atoms with Gasteiger partial charge in [-0.05, 0) is 0 Å². The van der Waals surface area contributed by atoms with Crippen molar-refractivity contribution in [2.75, 3.05) is 0 Å². The van der Waals surface area contributed by atoms with E-state index < -0.39 is 0 Å². The summed E-state index contributed by atoms with van der Waals surface area (Å²) in [6.45, 7) is 12.5. The molecule has 3 heteroatoms. The summed E-state index contributed by atoms with van der Waals surface area (Å²) in [5, 5.41) is 0. The Kier molecular flexibility index (Phi) is 5.37. The molecule has 0 spiro atoms. The third-order valence-electron chi connectivity index (χ3n) is 2.99. The van der Waals surface area contributed by atoms with Crippen molar-refractivity contribution in [2.24, 2.45) is 11.3 Å². The van der Waals surface area contributed by atoms with Crippen LogP contribution in [-0.4, -0.2) is 19.9 Å². The Balaban J connectivity index is 2.70. The van der Waals surface area contributed by atoms with Gasteiger partial charge in [0.25, 0.3) is 0 Å². The third kappa shape index (κ3) is 4.80. The van der Waals surface area contributed by atoms with Crippen molar-refractivity contribution in [3.63, 3.8) is 0 Å². The van der Waals surface area contributed by atoms with E-state index in [9.17, 15) is 4.79 Å². The second-order valence-corrected chi connectivity index (χ2v) is 6.39. The van der Waals surface area contributed by atoms with Gasteiger partial charge in [0.05, 0.1) is 0 Å². The molecule has 0 saturated heterocycles. The number of carbonyl (C=O) groups is 1. The standard InChI is InChI=1S/C15H23B2O/c1-11(2)9-13-12(7-6-8-16-13)10-17-14(18)15(3,4)5/h6-8,11H,9-10H2,1-5H3. The van der Waals surface area contributed by atoms with Gasteiger partial charge in [-0.25, -0.2) is 0 Å². The molecule has 0 aliphatic carbocycles. The van der Waals surface area contributed by atoms with E-state index in [-0.39, 0.29) is 11.1 Å². The summed E-state index contributed by atoms with van der Waals surface area (Å²) in [4.78, 5) is 11.9. The first-order valence-electron chi connectivity index (χ1n) is 6.75. The minimum atomic E-state index is -0.271. The molecule has 0 bridgehead atoms. The van der Waals surface area contributed by atoms with Crippen LogP contribution in [0.5, 0.6) is 0 Å². The van der Waals surface area contributed by atoms with Crippen molar-refractivity contribution in [3.8, 4) is 0 Å². The van der Waals surface area contributed by atoms with Crippen LogP contribution in [0.2, 0.25) is 0 Å². The van der Waals surface area contributed by atoms with Crippen LogP contribution in [0.25, 0.3) is 0 Å². The number of hydrogen-bond acceptors (Lipinski definition) is 1. The molecule has 0 fully saturated rings. The fourth-order valence-corrected chi connectivity index (χ4v) is 1.90. The predicted octanol–water partition coefficient (Wildman–Crippen LogP) is 3.00. The first-order chi connectivity index (χ1) is 8.30. The van der Waals surface area contributed by atoms with Gasteiger partial charge in [-0.2, -0.15) is 0 Å². The molecular weight excluding hydrogens is 218 g/mol. The Hall–Kier alpha value is -0.850. The molecule has 0 saturated carbocycles. The Morgan fingerprint density at radius 2 is 2.06 bits per heavy atom.